The van der Waals surface area contributed by atoms with E-state index in [0.29, 0.717) is 10.9 Å². The van der Waals surface area contributed by atoms with Crippen LogP contribution in [0.5, 0.6) is 0 Å². The van der Waals surface area contributed by atoms with Crippen LogP contribution in [0.2, 0.25) is 5.02 Å². The van der Waals surface area contributed by atoms with Gasteiger partial charge in [0.2, 0.25) is 5.91 Å². The van der Waals surface area contributed by atoms with Crippen LogP contribution < -0.4 is 11.1 Å². The number of hydrogen-bond acceptors (Lipinski definition) is 2. The highest BCUT2D eigenvalue weighted by molar-refractivity contribution is 6.30. The zero-order chi connectivity index (χ0) is 13.9. The van der Waals surface area contributed by atoms with Crippen molar-refractivity contribution in [2.24, 2.45) is 11.7 Å². The summed E-state index contributed by atoms with van der Waals surface area (Å²) in [5, 5.41) is 4.00. The first-order chi connectivity index (χ1) is 9.02. The van der Waals surface area contributed by atoms with Crippen molar-refractivity contribution in [3.63, 3.8) is 0 Å². The van der Waals surface area contributed by atoms with E-state index in [2.05, 4.69) is 12.2 Å². The highest BCUT2D eigenvalue weighted by Crippen LogP contribution is 2.33. The molecule has 1 amide bonds. The van der Waals surface area contributed by atoms with Crippen LogP contribution in [0, 0.1) is 5.92 Å². The van der Waals surface area contributed by atoms with E-state index in [4.69, 9.17) is 17.3 Å². The summed E-state index contributed by atoms with van der Waals surface area (Å²) in [6.07, 6.45) is 4.79. The van der Waals surface area contributed by atoms with Crippen LogP contribution in [0.25, 0.3) is 0 Å². The fourth-order valence-corrected chi connectivity index (χ4v) is 2.98. The summed E-state index contributed by atoms with van der Waals surface area (Å²) >= 11 is 5.99. The molecule has 0 saturated heterocycles. The Kier molecular flexibility index (Phi) is 4.35. The average Bonchev–Trinajstić information content (AvgIpc) is 2.53. The van der Waals surface area contributed by atoms with Gasteiger partial charge in [-0.2, -0.15) is 0 Å². The van der Waals surface area contributed by atoms with Crippen LogP contribution in [0.3, 0.4) is 0 Å². The molecule has 1 aliphatic carbocycles. The summed E-state index contributed by atoms with van der Waals surface area (Å²) in [5.74, 6) is 0.393. The Balaban J connectivity index is 2.22. The lowest BCUT2D eigenvalue weighted by atomic mass is 9.88. The lowest BCUT2D eigenvalue weighted by molar-refractivity contribution is -0.122. The molecule has 19 heavy (non-hydrogen) atoms. The van der Waals surface area contributed by atoms with Gasteiger partial charge in [-0.3, -0.25) is 4.79 Å². The maximum atomic E-state index is 12.0. The molecule has 0 radical (unpaired) electrons. The Hall–Kier alpha value is -1.22. The highest BCUT2D eigenvalue weighted by Gasteiger charge is 2.37. The summed E-state index contributed by atoms with van der Waals surface area (Å²) in [6.45, 7) is 2.23. The predicted octanol–water partition coefficient (Wildman–Crippen LogP) is 3.58. The van der Waals surface area contributed by atoms with Crippen molar-refractivity contribution in [1.82, 2.24) is 0 Å². The molecule has 1 saturated carbocycles. The van der Waals surface area contributed by atoms with E-state index in [-0.39, 0.29) is 5.91 Å². The molecule has 1 aliphatic rings. The minimum atomic E-state index is -0.630. The molecule has 0 spiro atoms. The number of rotatable bonds is 3. The van der Waals surface area contributed by atoms with Gasteiger partial charge in [-0.05, 0) is 43.4 Å². The van der Waals surface area contributed by atoms with Crippen molar-refractivity contribution in [1.29, 1.82) is 0 Å². The first kappa shape index (κ1) is 14.2. The topological polar surface area (TPSA) is 55.1 Å². The number of carbonyl (C=O) groups excluding carboxylic acids is 1. The van der Waals surface area contributed by atoms with Gasteiger partial charge in [0.1, 0.15) is 5.54 Å². The SMILES string of the molecule is CC1CCCC(Nc2cccc(Cl)c2)(C(N)=O)CC1. The molecule has 2 atom stereocenters. The largest absolute Gasteiger partial charge is 0.371 e. The van der Waals surface area contributed by atoms with E-state index in [1.165, 1.54) is 0 Å². The van der Waals surface area contributed by atoms with Crippen LogP contribution >= 0.6 is 11.6 Å². The van der Waals surface area contributed by atoms with Crippen molar-refractivity contribution < 1.29 is 4.79 Å². The first-order valence-electron chi connectivity index (χ1n) is 6.85. The predicted molar refractivity (Wildman–Crippen MR) is 79.2 cm³/mol. The third kappa shape index (κ3) is 3.41. The smallest absolute Gasteiger partial charge is 0.243 e. The summed E-state index contributed by atoms with van der Waals surface area (Å²) in [7, 11) is 0. The standard InChI is InChI=1S/C15H21ClN2O/c1-11-4-3-8-15(9-7-11,14(17)19)18-13-6-2-5-12(16)10-13/h2,5-6,10-11,18H,3-4,7-9H2,1H3,(H2,17,19). The third-order valence-corrected chi connectivity index (χ3v) is 4.28. The molecular weight excluding hydrogens is 260 g/mol. The van der Waals surface area contributed by atoms with E-state index >= 15 is 0 Å². The molecule has 1 fully saturated rings. The van der Waals surface area contributed by atoms with Crippen LogP contribution in [0.15, 0.2) is 24.3 Å². The van der Waals surface area contributed by atoms with Gasteiger partial charge >= 0.3 is 0 Å². The van der Waals surface area contributed by atoms with Crippen LogP contribution in [-0.2, 0) is 4.79 Å². The number of carbonyl (C=O) groups is 1. The molecule has 3 N–H and O–H groups in total. The maximum Gasteiger partial charge on any atom is 0.243 e. The highest BCUT2D eigenvalue weighted by atomic mass is 35.5. The second kappa shape index (κ2) is 5.83. The summed E-state index contributed by atoms with van der Waals surface area (Å²) in [5.41, 5.74) is 5.90. The average molecular weight is 281 g/mol. The van der Waals surface area contributed by atoms with Gasteiger partial charge in [-0.25, -0.2) is 0 Å². The molecule has 2 rings (SSSR count). The number of halogens is 1. The Morgan fingerprint density at radius 2 is 2.21 bits per heavy atom. The van der Waals surface area contributed by atoms with Crippen LogP contribution in [0.4, 0.5) is 5.69 Å². The Morgan fingerprint density at radius 3 is 2.89 bits per heavy atom. The monoisotopic (exact) mass is 280 g/mol. The van der Waals surface area contributed by atoms with E-state index in [0.717, 1.165) is 37.8 Å². The van der Waals surface area contributed by atoms with Gasteiger partial charge in [0.05, 0.1) is 0 Å². The van der Waals surface area contributed by atoms with E-state index in [9.17, 15) is 4.79 Å². The Bertz CT molecular complexity index is 463. The van der Waals surface area contributed by atoms with Gasteiger partial charge in [0.15, 0.2) is 0 Å². The number of anilines is 1. The van der Waals surface area contributed by atoms with Crippen LogP contribution in [-0.4, -0.2) is 11.4 Å². The fraction of sp³-hybridized carbons (Fsp3) is 0.533. The molecule has 4 heteroatoms. The third-order valence-electron chi connectivity index (χ3n) is 4.04. The molecule has 0 bridgehead atoms. The van der Waals surface area contributed by atoms with Gasteiger partial charge in [-0.15, -0.1) is 0 Å². The molecule has 0 aromatic heterocycles. The molecule has 2 unspecified atom stereocenters. The van der Waals surface area contributed by atoms with Gasteiger partial charge in [0, 0.05) is 10.7 Å². The molecule has 1 aromatic carbocycles. The molecular formula is C15H21ClN2O. The second-order valence-corrected chi connectivity index (χ2v) is 6.05. The van der Waals surface area contributed by atoms with Crippen LogP contribution in [0.1, 0.15) is 39.0 Å². The summed E-state index contributed by atoms with van der Waals surface area (Å²) < 4.78 is 0. The Labute approximate surface area is 119 Å². The number of benzene rings is 1. The number of nitrogens with one attached hydrogen (secondary N) is 1. The van der Waals surface area contributed by atoms with E-state index < -0.39 is 5.54 Å². The summed E-state index contributed by atoms with van der Waals surface area (Å²) in [4.78, 5) is 12.0. The van der Waals surface area contributed by atoms with Gasteiger partial charge < -0.3 is 11.1 Å². The number of primary amides is 1. The minimum Gasteiger partial charge on any atom is -0.371 e. The summed E-state index contributed by atoms with van der Waals surface area (Å²) in [6, 6.07) is 7.45. The fourth-order valence-electron chi connectivity index (χ4n) is 2.79. The quantitative estimate of drug-likeness (QED) is 0.832. The van der Waals surface area contributed by atoms with E-state index in [1.54, 1.807) is 0 Å². The van der Waals surface area contributed by atoms with Crippen molar-refractivity contribution in [3.8, 4) is 0 Å². The molecule has 1 aromatic rings. The van der Waals surface area contributed by atoms with Crippen molar-refractivity contribution in [2.75, 3.05) is 5.32 Å². The number of amides is 1. The lowest BCUT2D eigenvalue weighted by Crippen LogP contribution is -2.50. The van der Waals surface area contributed by atoms with Crippen molar-refractivity contribution in [2.45, 2.75) is 44.6 Å². The molecule has 104 valence electrons. The zero-order valence-electron chi connectivity index (χ0n) is 11.3. The molecule has 3 nitrogen and oxygen atoms in total. The zero-order valence-corrected chi connectivity index (χ0v) is 12.0. The lowest BCUT2D eigenvalue weighted by Gasteiger charge is -2.31. The Morgan fingerprint density at radius 1 is 1.42 bits per heavy atom. The van der Waals surface area contributed by atoms with Crippen molar-refractivity contribution in [3.05, 3.63) is 29.3 Å². The van der Waals surface area contributed by atoms with Gasteiger partial charge in [0.25, 0.3) is 0 Å². The number of hydrogen-bond donors (Lipinski definition) is 2. The normalized spacial score (nSPS) is 27.6. The van der Waals surface area contributed by atoms with Crippen molar-refractivity contribution >= 4 is 23.2 Å². The molecule has 0 aliphatic heterocycles. The maximum absolute atomic E-state index is 12.0. The number of nitrogens with two attached hydrogens (primary N) is 1. The van der Waals surface area contributed by atoms with E-state index in [1.807, 2.05) is 24.3 Å². The first-order valence-corrected chi connectivity index (χ1v) is 7.23. The molecule has 0 heterocycles. The second-order valence-electron chi connectivity index (χ2n) is 5.62. The minimum absolute atomic E-state index is 0.262. The van der Waals surface area contributed by atoms with Gasteiger partial charge in [-0.1, -0.05) is 37.4 Å².